The first kappa shape index (κ1) is 21.0. The maximum atomic E-state index is 13.6. The Morgan fingerprint density at radius 3 is 2.67 bits per heavy atom. The summed E-state index contributed by atoms with van der Waals surface area (Å²) in [6.45, 7) is 2.00. The quantitative estimate of drug-likeness (QED) is 0.406. The zero-order valence-electron chi connectivity index (χ0n) is 17.7. The van der Waals surface area contributed by atoms with Crippen LogP contribution in [0, 0.1) is 5.82 Å². The SMILES string of the molecule is C[C@H](Cc1nc(N)nc2cccnc12)c1cc2cccc(Cl)c2c(=O)n1-c1ccc(F)cc1. The van der Waals surface area contributed by atoms with Crippen molar-refractivity contribution in [1.29, 1.82) is 0 Å². The van der Waals surface area contributed by atoms with Crippen molar-refractivity contribution in [2.75, 3.05) is 5.73 Å². The first-order valence-corrected chi connectivity index (χ1v) is 10.8. The summed E-state index contributed by atoms with van der Waals surface area (Å²) < 4.78 is 15.2. The maximum Gasteiger partial charge on any atom is 0.264 e. The van der Waals surface area contributed by atoms with E-state index in [1.54, 1.807) is 35.0 Å². The van der Waals surface area contributed by atoms with Gasteiger partial charge in [-0.1, -0.05) is 30.7 Å². The molecule has 0 aliphatic heterocycles. The van der Waals surface area contributed by atoms with Gasteiger partial charge >= 0.3 is 0 Å². The normalized spacial score (nSPS) is 12.3. The molecule has 6 nitrogen and oxygen atoms in total. The average molecular weight is 460 g/mol. The van der Waals surface area contributed by atoms with Crippen molar-refractivity contribution in [3.8, 4) is 5.69 Å². The maximum absolute atomic E-state index is 13.6. The van der Waals surface area contributed by atoms with Crippen LogP contribution in [0.2, 0.25) is 5.02 Å². The summed E-state index contributed by atoms with van der Waals surface area (Å²) in [4.78, 5) is 26.7. The van der Waals surface area contributed by atoms with Gasteiger partial charge in [-0.3, -0.25) is 14.3 Å². The Morgan fingerprint density at radius 2 is 1.88 bits per heavy atom. The lowest BCUT2D eigenvalue weighted by molar-refractivity contribution is 0.626. The molecule has 5 rings (SSSR count). The first-order valence-electron chi connectivity index (χ1n) is 10.4. The number of halogens is 2. The number of fused-ring (bicyclic) bond motifs is 2. The van der Waals surface area contributed by atoms with Crippen molar-refractivity contribution in [3.05, 3.63) is 99.4 Å². The molecule has 0 amide bonds. The van der Waals surface area contributed by atoms with E-state index in [0.29, 0.717) is 39.2 Å². The molecule has 33 heavy (non-hydrogen) atoms. The number of nitrogens with zero attached hydrogens (tertiary/aromatic N) is 4. The molecule has 0 spiro atoms. The smallest absolute Gasteiger partial charge is 0.264 e. The molecular weight excluding hydrogens is 441 g/mol. The molecule has 1 atom stereocenters. The fraction of sp³-hybridized carbons (Fsp3) is 0.120. The van der Waals surface area contributed by atoms with Gasteiger partial charge in [-0.2, -0.15) is 0 Å². The molecule has 164 valence electrons. The predicted octanol–water partition coefficient (Wildman–Crippen LogP) is 5.05. The second-order valence-electron chi connectivity index (χ2n) is 7.90. The lowest BCUT2D eigenvalue weighted by Gasteiger charge is -2.20. The van der Waals surface area contributed by atoms with Gasteiger partial charge in [0.25, 0.3) is 5.56 Å². The van der Waals surface area contributed by atoms with E-state index in [9.17, 15) is 9.18 Å². The molecule has 0 bridgehead atoms. The monoisotopic (exact) mass is 459 g/mol. The summed E-state index contributed by atoms with van der Waals surface area (Å²) in [6.07, 6.45) is 2.15. The van der Waals surface area contributed by atoms with Crippen LogP contribution in [-0.2, 0) is 6.42 Å². The highest BCUT2D eigenvalue weighted by Crippen LogP contribution is 2.29. The van der Waals surface area contributed by atoms with Crippen LogP contribution in [0.25, 0.3) is 27.5 Å². The van der Waals surface area contributed by atoms with Gasteiger partial charge in [-0.15, -0.1) is 0 Å². The zero-order valence-corrected chi connectivity index (χ0v) is 18.4. The highest BCUT2D eigenvalue weighted by molar-refractivity contribution is 6.35. The van der Waals surface area contributed by atoms with Gasteiger partial charge in [0.1, 0.15) is 11.3 Å². The molecule has 0 radical (unpaired) electrons. The van der Waals surface area contributed by atoms with Gasteiger partial charge < -0.3 is 5.73 Å². The Labute approximate surface area is 193 Å². The van der Waals surface area contributed by atoms with Crippen LogP contribution in [0.3, 0.4) is 0 Å². The molecular formula is C25H19ClFN5O. The summed E-state index contributed by atoms with van der Waals surface area (Å²) in [7, 11) is 0. The number of nitrogen functional groups attached to an aromatic ring is 1. The summed E-state index contributed by atoms with van der Waals surface area (Å²) >= 11 is 6.38. The second-order valence-corrected chi connectivity index (χ2v) is 8.30. The fourth-order valence-corrected chi connectivity index (χ4v) is 4.41. The van der Waals surface area contributed by atoms with Gasteiger partial charge in [0, 0.05) is 29.9 Å². The average Bonchev–Trinajstić information content (AvgIpc) is 2.79. The minimum Gasteiger partial charge on any atom is -0.368 e. The van der Waals surface area contributed by atoms with Crippen LogP contribution in [0.4, 0.5) is 10.3 Å². The summed E-state index contributed by atoms with van der Waals surface area (Å²) in [6, 6.07) is 16.7. The number of benzene rings is 2. The van der Waals surface area contributed by atoms with Crippen molar-refractivity contribution in [1.82, 2.24) is 19.5 Å². The van der Waals surface area contributed by atoms with Crippen LogP contribution in [0.5, 0.6) is 0 Å². The number of hydrogen-bond donors (Lipinski definition) is 1. The highest BCUT2D eigenvalue weighted by atomic mass is 35.5. The third-order valence-corrected chi connectivity index (χ3v) is 5.97. The molecule has 5 aromatic rings. The molecule has 0 saturated heterocycles. The van der Waals surface area contributed by atoms with Crippen LogP contribution in [-0.4, -0.2) is 19.5 Å². The van der Waals surface area contributed by atoms with Crippen LogP contribution < -0.4 is 11.3 Å². The number of hydrogen-bond acceptors (Lipinski definition) is 5. The van der Waals surface area contributed by atoms with E-state index in [2.05, 4.69) is 15.0 Å². The summed E-state index contributed by atoms with van der Waals surface area (Å²) in [5, 5.41) is 1.52. The van der Waals surface area contributed by atoms with Crippen LogP contribution in [0.1, 0.15) is 24.2 Å². The molecule has 2 aromatic carbocycles. The Balaban J connectivity index is 1.71. The van der Waals surface area contributed by atoms with E-state index < -0.39 is 0 Å². The van der Waals surface area contributed by atoms with Crippen molar-refractivity contribution in [2.45, 2.75) is 19.3 Å². The third-order valence-electron chi connectivity index (χ3n) is 5.66. The Bertz CT molecular complexity index is 1570. The molecule has 0 saturated carbocycles. The van der Waals surface area contributed by atoms with Crippen molar-refractivity contribution >= 4 is 39.4 Å². The van der Waals surface area contributed by atoms with Crippen molar-refractivity contribution in [2.24, 2.45) is 0 Å². The van der Waals surface area contributed by atoms with Crippen molar-refractivity contribution in [3.63, 3.8) is 0 Å². The third kappa shape index (κ3) is 3.81. The van der Waals surface area contributed by atoms with Gasteiger partial charge in [-0.05, 0) is 53.9 Å². The van der Waals surface area contributed by atoms with Crippen LogP contribution >= 0.6 is 11.6 Å². The minimum absolute atomic E-state index is 0.161. The van der Waals surface area contributed by atoms with Gasteiger partial charge in [0.05, 0.1) is 21.6 Å². The molecule has 0 aliphatic carbocycles. The molecule has 3 heterocycles. The highest BCUT2D eigenvalue weighted by Gasteiger charge is 2.20. The Hall–Kier alpha value is -3.84. The van der Waals surface area contributed by atoms with E-state index in [-0.39, 0.29) is 23.2 Å². The largest absolute Gasteiger partial charge is 0.368 e. The van der Waals surface area contributed by atoms with Crippen LogP contribution in [0.15, 0.2) is 71.7 Å². The van der Waals surface area contributed by atoms with Gasteiger partial charge in [0.2, 0.25) is 5.95 Å². The predicted molar refractivity (Wildman–Crippen MR) is 128 cm³/mol. The van der Waals surface area contributed by atoms with Crippen molar-refractivity contribution < 1.29 is 4.39 Å². The number of aromatic nitrogens is 4. The molecule has 2 N–H and O–H groups in total. The van der Waals surface area contributed by atoms with E-state index in [4.69, 9.17) is 17.3 Å². The summed E-state index contributed by atoms with van der Waals surface area (Å²) in [5.41, 5.74) is 8.97. The Kier molecular flexibility index (Phi) is 5.26. The lowest BCUT2D eigenvalue weighted by atomic mass is 9.97. The second kappa shape index (κ2) is 8.26. The first-order chi connectivity index (χ1) is 15.9. The molecule has 0 aliphatic rings. The fourth-order valence-electron chi connectivity index (χ4n) is 4.14. The number of nitrogens with two attached hydrogens (primary N) is 1. The van der Waals surface area contributed by atoms with E-state index in [0.717, 1.165) is 11.1 Å². The molecule has 0 unspecified atom stereocenters. The number of anilines is 1. The topological polar surface area (TPSA) is 86.7 Å². The van der Waals surface area contributed by atoms with E-state index in [1.165, 1.54) is 12.1 Å². The van der Waals surface area contributed by atoms with Gasteiger partial charge in [-0.25, -0.2) is 14.4 Å². The molecule has 3 aromatic heterocycles. The lowest BCUT2D eigenvalue weighted by Crippen LogP contribution is -2.24. The number of rotatable bonds is 4. The van der Waals surface area contributed by atoms with Gasteiger partial charge in [0.15, 0.2) is 0 Å². The van der Waals surface area contributed by atoms with E-state index in [1.807, 2.05) is 31.2 Å². The molecule has 0 fully saturated rings. The zero-order chi connectivity index (χ0) is 23.1. The summed E-state index contributed by atoms with van der Waals surface area (Å²) in [5.74, 6) is -0.376. The number of pyridine rings is 2. The Morgan fingerprint density at radius 1 is 1.09 bits per heavy atom. The van der Waals surface area contributed by atoms with E-state index >= 15 is 0 Å². The molecule has 8 heteroatoms. The standard InChI is InChI=1S/C25H19ClFN5O/c1-14(12-20-23-19(6-3-11-29-23)30-25(28)31-20)21-13-15-4-2-5-18(26)22(15)24(33)32(21)17-9-7-16(27)8-10-17/h2-11,13-14H,12H2,1H3,(H2,28,30,31)/t14-/m1/s1. The minimum atomic E-state index is -0.380.